The van der Waals surface area contributed by atoms with Crippen molar-refractivity contribution in [1.29, 1.82) is 0 Å². The van der Waals surface area contributed by atoms with Gasteiger partial charge in [0.25, 0.3) is 0 Å². The molecule has 0 aliphatic rings. The topological polar surface area (TPSA) is 49.7 Å². The maximum absolute atomic E-state index is 14.8. The number of methoxy groups -OCH3 is 2. The first-order chi connectivity index (χ1) is 15.0. The molecule has 0 atom stereocenters. The molecule has 0 aliphatic heterocycles. The van der Waals surface area contributed by atoms with Gasteiger partial charge in [0.05, 0.1) is 31.4 Å². The Bertz CT molecular complexity index is 1070. The fourth-order valence-corrected chi connectivity index (χ4v) is 3.88. The van der Waals surface area contributed by atoms with E-state index in [1.165, 1.54) is 12.1 Å². The minimum Gasteiger partial charge on any atom is -0.493 e. The van der Waals surface area contributed by atoms with Crippen molar-refractivity contribution < 1.29 is 23.4 Å². The molecule has 7 heteroatoms. The second-order valence-corrected chi connectivity index (χ2v) is 7.25. The lowest BCUT2D eigenvalue weighted by molar-refractivity contribution is 0.0526. The molecule has 0 bridgehead atoms. The molecule has 0 spiro atoms. The molecular formula is C24H25ClFNO4. The molecule has 0 radical (unpaired) electrons. The minimum absolute atomic E-state index is 0.170. The van der Waals surface area contributed by atoms with Crippen molar-refractivity contribution in [3.63, 3.8) is 0 Å². The molecule has 1 heterocycles. The highest BCUT2D eigenvalue weighted by Gasteiger charge is 2.27. The van der Waals surface area contributed by atoms with Gasteiger partial charge in [0, 0.05) is 34.8 Å². The first-order valence-electron chi connectivity index (χ1n) is 10.0. The maximum atomic E-state index is 14.8. The number of hydrogen-bond donors (Lipinski definition) is 0. The highest BCUT2D eigenvalue weighted by molar-refractivity contribution is 6.33. The van der Waals surface area contributed by atoms with E-state index >= 15 is 0 Å². The van der Waals surface area contributed by atoms with Gasteiger partial charge < -0.3 is 18.8 Å². The number of aromatic nitrogens is 1. The van der Waals surface area contributed by atoms with Crippen molar-refractivity contribution in [3.8, 4) is 28.3 Å². The second kappa shape index (κ2) is 9.88. The second-order valence-electron chi connectivity index (χ2n) is 6.84. The summed E-state index contributed by atoms with van der Waals surface area (Å²) in [5.74, 6) is 0.0998. The molecule has 1 aromatic heterocycles. The van der Waals surface area contributed by atoms with Crippen LogP contribution in [0.15, 0.2) is 42.6 Å². The normalized spacial score (nSPS) is 10.8. The van der Waals surface area contributed by atoms with Crippen molar-refractivity contribution in [2.24, 2.45) is 0 Å². The number of ether oxygens (including phenoxy) is 3. The minimum atomic E-state index is -0.514. The number of benzene rings is 2. The van der Waals surface area contributed by atoms with E-state index in [4.69, 9.17) is 25.8 Å². The predicted octanol–water partition coefficient (Wildman–Crippen LogP) is 6.08. The van der Waals surface area contributed by atoms with Crippen LogP contribution in [0, 0.1) is 5.82 Å². The monoisotopic (exact) mass is 445 g/mol. The highest BCUT2D eigenvalue weighted by Crippen LogP contribution is 2.38. The number of carbonyl (C=O) groups excluding carboxylic acids is 1. The van der Waals surface area contributed by atoms with Gasteiger partial charge in [-0.3, -0.25) is 0 Å². The van der Waals surface area contributed by atoms with Crippen molar-refractivity contribution in [2.75, 3.05) is 20.8 Å². The summed E-state index contributed by atoms with van der Waals surface area (Å²) in [6.45, 7) is 3.95. The first kappa shape index (κ1) is 22.7. The zero-order valence-electron chi connectivity index (χ0n) is 18.0. The fraction of sp³-hybridized carbons (Fsp3) is 0.292. The molecule has 0 aliphatic carbocycles. The van der Waals surface area contributed by atoms with Gasteiger partial charge >= 0.3 is 5.97 Å². The van der Waals surface area contributed by atoms with E-state index in [2.05, 4.69) is 0 Å². The van der Waals surface area contributed by atoms with Crippen molar-refractivity contribution >= 4 is 17.6 Å². The molecule has 0 N–H and O–H groups in total. The summed E-state index contributed by atoms with van der Waals surface area (Å²) in [7, 11) is 3.12. The lowest BCUT2D eigenvalue weighted by Gasteiger charge is -2.13. The lowest BCUT2D eigenvalue weighted by Crippen LogP contribution is -2.10. The molecule has 3 aromatic rings. The van der Waals surface area contributed by atoms with Gasteiger partial charge in [-0.15, -0.1) is 0 Å². The van der Waals surface area contributed by atoms with Gasteiger partial charge in [-0.2, -0.15) is 0 Å². The number of hydrogen-bond acceptors (Lipinski definition) is 4. The molecular weight excluding hydrogens is 421 g/mol. The van der Waals surface area contributed by atoms with Crippen LogP contribution in [-0.2, 0) is 11.2 Å². The Morgan fingerprint density at radius 2 is 1.84 bits per heavy atom. The van der Waals surface area contributed by atoms with Crippen LogP contribution in [0.25, 0.3) is 16.8 Å². The van der Waals surface area contributed by atoms with Gasteiger partial charge in [-0.1, -0.05) is 31.0 Å². The van der Waals surface area contributed by atoms with Crippen LogP contribution in [0.5, 0.6) is 11.5 Å². The summed E-state index contributed by atoms with van der Waals surface area (Å²) in [5, 5.41) is 0.220. The van der Waals surface area contributed by atoms with Gasteiger partial charge in [0.15, 0.2) is 11.5 Å². The summed E-state index contributed by atoms with van der Waals surface area (Å²) in [6.07, 6.45) is 3.07. The third-order valence-corrected chi connectivity index (χ3v) is 5.27. The Kier molecular flexibility index (Phi) is 7.23. The van der Waals surface area contributed by atoms with E-state index in [9.17, 15) is 9.18 Å². The van der Waals surface area contributed by atoms with Crippen molar-refractivity contribution in [2.45, 2.75) is 26.7 Å². The highest BCUT2D eigenvalue weighted by atomic mass is 35.5. The Labute approximate surface area is 186 Å². The van der Waals surface area contributed by atoms with E-state index in [0.717, 1.165) is 12.1 Å². The third kappa shape index (κ3) is 4.39. The maximum Gasteiger partial charge on any atom is 0.340 e. The first-order valence-corrected chi connectivity index (χ1v) is 10.4. The smallest absolute Gasteiger partial charge is 0.340 e. The van der Waals surface area contributed by atoms with Gasteiger partial charge in [-0.25, -0.2) is 9.18 Å². The summed E-state index contributed by atoms with van der Waals surface area (Å²) in [6, 6.07) is 9.89. The van der Waals surface area contributed by atoms with Crippen LogP contribution in [0.1, 0.15) is 36.3 Å². The Morgan fingerprint density at radius 1 is 1.10 bits per heavy atom. The number of nitrogens with zero attached hydrogens (tertiary/aromatic N) is 1. The summed E-state index contributed by atoms with van der Waals surface area (Å²) in [4.78, 5) is 13.0. The van der Waals surface area contributed by atoms with Crippen LogP contribution < -0.4 is 9.47 Å². The predicted molar refractivity (Wildman–Crippen MR) is 119 cm³/mol. The number of rotatable bonds is 8. The van der Waals surface area contributed by atoms with Crippen LogP contribution >= 0.6 is 11.6 Å². The Morgan fingerprint density at radius 3 is 2.45 bits per heavy atom. The number of halogens is 2. The third-order valence-electron chi connectivity index (χ3n) is 4.95. The molecule has 0 unspecified atom stereocenters. The molecule has 5 nitrogen and oxygen atoms in total. The van der Waals surface area contributed by atoms with E-state index in [-0.39, 0.29) is 17.2 Å². The standard InChI is InChI=1S/C24H25ClFNO4/c1-5-8-19-23(24(28)31-6-2)16(22-17(25)9-7-10-18(22)26)14-27(19)15-11-12-20(29-3)21(13-15)30-4/h7,9-14H,5-6,8H2,1-4H3. The zero-order chi connectivity index (χ0) is 22.5. The van der Waals surface area contributed by atoms with E-state index in [0.29, 0.717) is 34.7 Å². The van der Waals surface area contributed by atoms with Gasteiger partial charge in [0.2, 0.25) is 0 Å². The van der Waals surface area contributed by atoms with Crippen molar-refractivity contribution in [3.05, 3.63) is 64.7 Å². The van der Waals surface area contributed by atoms with Gasteiger partial charge in [0.1, 0.15) is 5.82 Å². The number of carbonyl (C=O) groups is 1. The fourth-order valence-electron chi connectivity index (χ4n) is 3.61. The molecule has 164 valence electrons. The van der Waals surface area contributed by atoms with Crippen molar-refractivity contribution in [1.82, 2.24) is 4.57 Å². The largest absolute Gasteiger partial charge is 0.493 e. The molecule has 2 aromatic carbocycles. The SMILES string of the molecule is CCCc1c(C(=O)OCC)c(-c2c(F)cccc2Cl)cn1-c1ccc(OC)c(OC)c1. The average molecular weight is 446 g/mol. The van der Waals surface area contributed by atoms with Crippen LogP contribution in [0.3, 0.4) is 0 Å². The van der Waals surface area contributed by atoms with Crippen LogP contribution in [0.4, 0.5) is 4.39 Å². The Hall–Kier alpha value is -2.99. The summed E-state index contributed by atoms with van der Waals surface area (Å²) < 4.78 is 32.8. The molecule has 31 heavy (non-hydrogen) atoms. The molecule has 0 fully saturated rings. The molecule has 3 rings (SSSR count). The van der Waals surface area contributed by atoms with Gasteiger partial charge in [-0.05, 0) is 37.6 Å². The summed E-state index contributed by atoms with van der Waals surface area (Å²) in [5.41, 5.74) is 2.32. The summed E-state index contributed by atoms with van der Waals surface area (Å²) >= 11 is 6.35. The molecule has 0 saturated heterocycles. The van der Waals surface area contributed by atoms with E-state index in [1.54, 1.807) is 45.5 Å². The van der Waals surface area contributed by atoms with Crippen LogP contribution in [-0.4, -0.2) is 31.4 Å². The Balaban J connectivity index is 2.34. The zero-order valence-corrected chi connectivity index (χ0v) is 18.8. The lowest BCUT2D eigenvalue weighted by atomic mass is 10.0. The molecule has 0 amide bonds. The quantitative estimate of drug-likeness (QED) is 0.394. The number of esters is 1. The van der Waals surface area contributed by atoms with Crippen LogP contribution in [0.2, 0.25) is 5.02 Å². The van der Waals surface area contributed by atoms with E-state index in [1.807, 2.05) is 17.6 Å². The average Bonchev–Trinajstić information content (AvgIpc) is 3.12. The van der Waals surface area contributed by atoms with E-state index < -0.39 is 11.8 Å². The molecule has 0 saturated carbocycles.